The Morgan fingerprint density at radius 1 is 0.567 bits per heavy atom. The minimum absolute atomic E-state index is 0.0960. The molecule has 4 heteroatoms. The van der Waals surface area contributed by atoms with Crippen molar-refractivity contribution < 1.29 is 14.2 Å². The van der Waals surface area contributed by atoms with Gasteiger partial charge in [-0.05, 0) is 63.8 Å². The summed E-state index contributed by atoms with van der Waals surface area (Å²) in [5, 5.41) is 0. The van der Waals surface area contributed by atoms with E-state index >= 15 is 0 Å². The van der Waals surface area contributed by atoms with Gasteiger partial charge in [-0.3, -0.25) is 9.59 Å². The van der Waals surface area contributed by atoms with Gasteiger partial charge in [0.2, 0.25) is 0 Å². The molecule has 3 rings (SSSR count). The molecular weight excluding hydrogens is 391 g/mol. The number of rotatable bonds is 4. The zero-order chi connectivity index (χ0) is 22.6. The fourth-order valence-corrected chi connectivity index (χ4v) is 4.22. The Balaban J connectivity index is 0.00000155. The number of benzene rings is 3. The standard InChI is InChI=1S/C26H26O2.H2OP/c1-15-11-17(3)23(18(4)12-15)25(27)21-9-7-8-10-22(21)26(28)24-19(5)13-16(2)14-20(24)6;1-2/h7-14H,1-6H3;2H2/q;+1. The van der Waals surface area contributed by atoms with Crippen LogP contribution in [0.2, 0.25) is 0 Å². The van der Waals surface area contributed by atoms with E-state index in [2.05, 4.69) is 0 Å². The van der Waals surface area contributed by atoms with Crippen LogP contribution in [-0.2, 0) is 4.57 Å². The van der Waals surface area contributed by atoms with Crippen LogP contribution in [0.3, 0.4) is 0 Å². The summed E-state index contributed by atoms with van der Waals surface area (Å²) in [6.45, 7) is 11.8. The summed E-state index contributed by atoms with van der Waals surface area (Å²) in [6.07, 6.45) is 0. The van der Waals surface area contributed by atoms with Crippen molar-refractivity contribution in [3.63, 3.8) is 0 Å². The fraction of sp³-hybridized carbons (Fsp3) is 0.231. The molecule has 1 unspecified atom stereocenters. The molecule has 0 saturated carbocycles. The topological polar surface area (TPSA) is 51.2 Å². The molecule has 0 fully saturated rings. The van der Waals surface area contributed by atoms with Gasteiger partial charge >= 0.3 is 9.12 Å². The summed E-state index contributed by atoms with van der Waals surface area (Å²) in [5.41, 5.74) is 8.29. The molecule has 0 heterocycles. The van der Waals surface area contributed by atoms with Gasteiger partial charge in [0.1, 0.15) is 0 Å². The number of hydrogen-bond donors (Lipinski definition) is 0. The maximum absolute atomic E-state index is 13.4. The Kier molecular flexibility index (Phi) is 7.59. The summed E-state index contributed by atoms with van der Waals surface area (Å²) in [4.78, 5) is 26.9. The van der Waals surface area contributed by atoms with Gasteiger partial charge in [0.05, 0.1) is 0 Å². The Bertz CT molecular complexity index is 994. The minimum Gasteiger partial charge on any atom is -0.289 e. The lowest BCUT2D eigenvalue weighted by molar-refractivity contribution is 0.100. The molecule has 30 heavy (non-hydrogen) atoms. The van der Waals surface area contributed by atoms with Crippen molar-refractivity contribution in [2.45, 2.75) is 41.5 Å². The number of carbonyl (C=O) groups is 2. The van der Waals surface area contributed by atoms with E-state index in [0.29, 0.717) is 22.3 Å². The van der Waals surface area contributed by atoms with Crippen LogP contribution in [0.5, 0.6) is 0 Å². The minimum atomic E-state index is -0.0960. The lowest BCUT2D eigenvalue weighted by Gasteiger charge is -2.15. The first kappa shape index (κ1) is 23.4. The number of aryl methyl sites for hydroxylation is 6. The van der Waals surface area contributed by atoms with Crippen LogP contribution in [0.4, 0.5) is 0 Å². The third kappa shape index (κ3) is 4.63. The first-order valence-electron chi connectivity index (χ1n) is 9.78. The molecular formula is C26H28O3P+. The van der Waals surface area contributed by atoms with Gasteiger partial charge < -0.3 is 0 Å². The predicted molar refractivity (Wildman–Crippen MR) is 125 cm³/mol. The average Bonchev–Trinajstić information content (AvgIpc) is 2.67. The van der Waals surface area contributed by atoms with Crippen molar-refractivity contribution in [1.29, 1.82) is 0 Å². The highest BCUT2D eigenvalue weighted by molar-refractivity contribution is 7.00. The molecule has 3 aromatic carbocycles. The normalized spacial score (nSPS) is 10.2. The lowest BCUT2D eigenvalue weighted by Crippen LogP contribution is -2.15. The van der Waals surface area contributed by atoms with Crippen LogP contribution in [0.15, 0.2) is 48.5 Å². The first-order chi connectivity index (χ1) is 14.2. The van der Waals surface area contributed by atoms with Gasteiger partial charge in [0.15, 0.2) is 11.6 Å². The Hall–Kier alpha value is -2.90. The summed E-state index contributed by atoms with van der Waals surface area (Å²) in [7, 11) is 1.17. The molecule has 154 valence electrons. The molecule has 0 radical (unpaired) electrons. The van der Waals surface area contributed by atoms with E-state index < -0.39 is 0 Å². The maximum Gasteiger partial charge on any atom is 0.310 e. The largest absolute Gasteiger partial charge is 0.310 e. The predicted octanol–water partition coefficient (Wildman–Crippen LogP) is 6.21. The zero-order valence-electron chi connectivity index (χ0n) is 18.4. The van der Waals surface area contributed by atoms with Crippen LogP contribution in [0.1, 0.15) is 65.2 Å². The van der Waals surface area contributed by atoms with Crippen LogP contribution in [0.25, 0.3) is 0 Å². The molecule has 0 aliphatic carbocycles. The van der Waals surface area contributed by atoms with E-state index in [1.54, 1.807) is 12.1 Å². The van der Waals surface area contributed by atoms with Crippen molar-refractivity contribution in [3.8, 4) is 0 Å². The third-order valence-electron chi connectivity index (χ3n) is 5.22. The second-order valence-corrected chi connectivity index (χ2v) is 7.75. The molecule has 0 aromatic heterocycles. The zero-order valence-corrected chi connectivity index (χ0v) is 19.6. The highest BCUT2D eigenvalue weighted by atomic mass is 31.0. The number of ketones is 2. The van der Waals surface area contributed by atoms with Crippen LogP contribution >= 0.6 is 9.12 Å². The molecule has 0 N–H and O–H groups in total. The van der Waals surface area contributed by atoms with Crippen LogP contribution in [0, 0.1) is 41.5 Å². The lowest BCUT2D eigenvalue weighted by atomic mass is 9.87. The molecule has 0 aliphatic heterocycles. The fourth-order valence-electron chi connectivity index (χ4n) is 4.22. The van der Waals surface area contributed by atoms with Crippen molar-refractivity contribution in [1.82, 2.24) is 0 Å². The van der Waals surface area contributed by atoms with Crippen molar-refractivity contribution in [2.24, 2.45) is 0 Å². The van der Waals surface area contributed by atoms with E-state index in [4.69, 9.17) is 4.57 Å². The molecule has 0 aliphatic rings. The van der Waals surface area contributed by atoms with Crippen LogP contribution < -0.4 is 0 Å². The molecule has 3 aromatic rings. The third-order valence-corrected chi connectivity index (χ3v) is 5.22. The summed E-state index contributed by atoms with van der Waals surface area (Å²) >= 11 is 0. The van der Waals surface area contributed by atoms with E-state index in [9.17, 15) is 9.59 Å². The van der Waals surface area contributed by atoms with Gasteiger partial charge in [-0.1, -0.05) is 64.2 Å². The van der Waals surface area contributed by atoms with E-state index in [-0.39, 0.29) is 11.6 Å². The second kappa shape index (κ2) is 9.73. The average molecular weight is 419 g/mol. The molecule has 0 saturated heterocycles. The quantitative estimate of drug-likeness (QED) is 0.373. The molecule has 0 amide bonds. The van der Waals surface area contributed by atoms with Gasteiger partial charge in [0, 0.05) is 22.3 Å². The van der Waals surface area contributed by atoms with E-state index in [1.165, 1.54) is 9.12 Å². The smallest absolute Gasteiger partial charge is 0.289 e. The van der Waals surface area contributed by atoms with Crippen molar-refractivity contribution in [2.75, 3.05) is 0 Å². The highest BCUT2D eigenvalue weighted by Gasteiger charge is 2.23. The SMILES string of the molecule is Cc1cc(C)c(C(=O)c2ccccc2C(=O)c2c(C)cc(C)cc2C)c(C)c1.O=[PH2+]. The van der Waals surface area contributed by atoms with E-state index in [0.717, 1.165) is 33.4 Å². The Morgan fingerprint density at radius 3 is 1.10 bits per heavy atom. The molecule has 3 nitrogen and oxygen atoms in total. The maximum atomic E-state index is 13.4. The summed E-state index contributed by atoms with van der Waals surface area (Å²) in [6, 6.07) is 15.2. The first-order valence-corrected chi connectivity index (χ1v) is 10.3. The summed E-state index contributed by atoms with van der Waals surface area (Å²) < 4.78 is 8.17. The Morgan fingerprint density at radius 2 is 0.833 bits per heavy atom. The Labute approximate surface area is 180 Å². The molecule has 0 bridgehead atoms. The van der Waals surface area contributed by atoms with Gasteiger partial charge in [-0.2, -0.15) is 0 Å². The van der Waals surface area contributed by atoms with Gasteiger partial charge in [0.25, 0.3) is 0 Å². The molecule has 0 spiro atoms. The highest BCUT2D eigenvalue weighted by Crippen LogP contribution is 2.26. The van der Waals surface area contributed by atoms with Crippen LogP contribution in [-0.4, -0.2) is 11.6 Å². The van der Waals surface area contributed by atoms with Crippen molar-refractivity contribution in [3.05, 3.63) is 104 Å². The number of hydrogen-bond acceptors (Lipinski definition) is 3. The van der Waals surface area contributed by atoms with E-state index in [1.807, 2.05) is 77.9 Å². The molecule has 1 atom stereocenters. The second-order valence-electron chi connectivity index (χ2n) is 7.75. The van der Waals surface area contributed by atoms with Crippen molar-refractivity contribution >= 4 is 20.7 Å². The summed E-state index contributed by atoms with van der Waals surface area (Å²) in [5.74, 6) is -0.192. The monoisotopic (exact) mass is 419 g/mol. The van der Waals surface area contributed by atoms with Gasteiger partial charge in [-0.25, -0.2) is 0 Å². The van der Waals surface area contributed by atoms with Gasteiger partial charge in [-0.15, -0.1) is 0 Å². The number of carbonyl (C=O) groups excluding carboxylic acids is 2.